The molecule has 0 radical (unpaired) electrons. The number of ether oxygens (including phenoxy) is 3. The van der Waals surface area contributed by atoms with Crippen molar-refractivity contribution < 1.29 is 28.2 Å². The number of amides is 2. The maximum atomic E-state index is 14.0. The highest BCUT2D eigenvalue weighted by Gasteiger charge is 2.37. The first-order valence-corrected chi connectivity index (χ1v) is 8.65. The van der Waals surface area contributed by atoms with Crippen molar-refractivity contribution >= 4 is 34.7 Å². The van der Waals surface area contributed by atoms with Crippen molar-refractivity contribution in [2.24, 2.45) is 0 Å². The number of anilines is 1. The van der Waals surface area contributed by atoms with Crippen molar-refractivity contribution in [3.05, 3.63) is 52.7 Å². The van der Waals surface area contributed by atoms with Gasteiger partial charge in [0.05, 0.1) is 31.9 Å². The van der Waals surface area contributed by atoms with Crippen LogP contribution < -0.4 is 19.1 Å². The van der Waals surface area contributed by atoms with E-state index in [1.807, 2.05) is 0 Å². The van der Waals surface area contributed by atoms with Gasteiger partial charge in [0.2, 0.25) is 5.75 Å². The van der Waals surface area contributed by atoms with Crippen LogP contribution in [0.2, 0.25) is 0 Å². The number of thioether (sulfide) groups is 1. The zero-order valence-electron chi connectivity index (χ0n) is 14.8. The molecule has 1 saturated heterocycles. The number of carbonyl (C=O) groups excluding carboxylic acids is 2. The lowest BCUT2D eigenvalue weighted by Crippen LogP contribution is -2.28. The summed E-state index contributed by atoms with van der Waals surface area (Å²) in [5.74, 6) is -0.0701. The summed E-state index contributed by atoms with van der Waals surface area (Å²) >= 11 is 0.727. The second-order valence-corrected chi connectivity index (χ2v) is 6.39. The zero-order chi connectivity index (χ0) is 19.6. The highest BCUT2D eigenvalue weighted by Crippen LogP contribution is 2.43. The molecule has 0 aromatic heterocycles. The van der Waals surface area contributed by atoms with Gasteiger partial charge >= 0.3 is 0 Å². The highest BCUT2D eigenvalue weighted by atomic mass is 32.2. The van der Waals surface area contributed by atoms with Crippen molar-refractivity contribution in [1.29, 1.82) is 0 Å². The average molecular weight is 389 g/mol. The van der Waals surface area contributed by atoms with Crippen molar-refractivity contribution in [3.63, 3.8) is 0 Å². The highest BCUT2D eigenvalue weighted by molar-refractivity contribution is 8.19. The van der Waals surface area contributed by atoms with Gasteiger partial charge in [0.15, 0.2) is 11.5 Å². The van der Waals surface area contributed by atoms with Crippen LogP contribution in [-0.4, -0.2) is 32.5 Å². The summed E-state index contributed by atoms with van der Waals surface area (Å²) in [4.78, 5) is 26.0. The van der Waals surface area contributed by atoms with Gasteiger partial charge in [0.25, 0.3) is 11.1 Å². The van der Waals surface area contributed by atoms with Crippen LogP contribution in [0.15, 0.2) is 41.3 Å². The molecule has 8 heteroatoms. The Morgan fingerprint density at radius 2 is 1.67 bits per heavy atom. The monoisotopic (exact) mass is 389 g/mol. The van der Waals surface area contributed by atoms with E-state index in [1.165, 1.54) is 45.6 Å². The van der Waals surface area contributed by atoms with Crippen LogP contribution in [0, 0.1) is 5.82 Å². The van der Waals surface area contributed by atoms with E-state index in [4.69, 9.17) is 14.2 Å². The third-order valence-electron chi connectivity index (χ3n) is 3.91. The summed E-state index contributed by atoms with van der Waals surface area (Å²) in [5, 5.41) is -0.573. The molecule has 1 aliphatic heterocycles. The number of carbonyl (C=O) groups is 2. The van der Waals surface area contributed by atoms with E-state index < -0.39 is 17.0 Å². The molecule has 0 aliphatic carbocycles. The van der Waals surface area contributed by atoms with Crippen LogP contribution in [0.1, 0.15) is 5.56 Å². The van der Waals surface area contributed by atoms with E-state index in [0.29, 0.717) is 22.8 Å². The Labute approximate surface area is 159 Å². The lowest BCUT2D eigenvalue weighted by atomic mass is 10.1. The van der Waals surface area contributed by atoms with E-state index in [-0.39, 0.29) is 10.6 Å². The molecule has 0 unspecified atom stereocenters. The van der Waals surface area contributed by atoms with Crippen LogP contribution >= 0.6 is 11.8 Å². The smallest absolute Gasteiger partial charge is 0.298 e. The van der Waals surface area contributed by atoms with Crippen LogP contribution in [0.5, 0.6) is 17.2 Å². The fourth-order valence-corrected chi connectivity index (χ4v) is 3.51. The van der Waals surface area contributed by atoms with E-state index in [2.05, 4.69) is 0 Å². The Kier molecular flexibility index (Phi) is 5.36. The van der Waals surface area contributed by atoms with Gasteiger partial charge in [-0.05, 0) is 42.1 Å². The molecule has 3 rings (SSSR count). The van der Waals surface area contributed by atoms with Crippen molar-refractivity contribution in [1.82, 2.24) is 0 Å². The van der Waals surface area contributed by atoms with Crippen molar-refractivity contribution in [2.45, 2.75) is 0 Å². The lowest BCUT2D eigenvalue weighted by molar-refractivity contribution is -0.113. The van der Waals surface area contributed by atoms with Gasteiger partial charge in [-0.25, -0.2) is 9.29 Å². The lowest BCUT2D eigenvalue weighted by Gasteiger charge is -2.14. The van der Waals surface area contributed by atoms with Crippen LogP contribution in [0.25, 0.3) is 6.08 Å². The fourth-order valence-electron chi connectivity index (χ4n) is 2.69. The van der Waals surface area contributed by atoms with Gasteiger partial charge in [0, 0.05) is 5.56 Å². The maximum Gasteiger partial charge on any atom is 0.298 e. The van der Waals surface area contributed by atoms with E-state index >= 15 is 0 Å². The first-order valence-electron chi connectivity index (χ1n) is 7.83. The number of methoxy groups -OCH3 is 3. The quantitative estimate of drug-likeness (QED) is 0.718. The SMILES string of the molecule is COc1ccc(/C=C2\SC(=O)N(c3ccccc3F)C2=O)c(OC)c1OC. The summed E-state index contributed by atoms with van der Waals surface area (Å²) in [6, 6.07) is 8.96. The summed E-state index contributed by atoms with van der Waals surface area (Å²) in [6.45, 7) is 0. The number of imide groups is 1. The third kappa shape index (κ3) is 3.35. The number of hydrogen-bond acceptors (Lipinski definition) is 6. The third-order valence-corrected chi connectivity index (χ3v) is 4.78. The number of halogens is 1. The molecule has 0 saturated carbocycles. The molecule has 0 atom stereocenters. The van der Waals surface area contributed by atoms with E-state index in [0.717, 1.165) is 16.7 Å². The Balaban J connectivity index is 2.03. The molecular formula is C19H16FNO5S. The van der Waals surface area contributed by atoms with Crippen LogP contribution in [0.4, 0.5) is 14.9 Å². The molecule has 1 aliphatic rings. The Hall–Kier alpha value is -3.00. The Morgan fingerprint density at radius 1 is 0.963 bits per heavy atom. The minimum atomic E-state index is -0.648. The Bertz CT molecular complexity index is 944. The summed E-state index contributed by atoms with van der Waals surface area (Å²) in [6.07, 6.45) is 1.51. The van der Waals surface area contributed by atoms with Crippen LogP contribution in [0.3, 0.4) is 0 Å². The fraction of sp³-hybridized carbons (Fsp3) is 0.158. The standard InChI is InChI=1S/C19H16FNO5S/c1-24-14-9-8-11(16(25-2)17(14)26-3)10-15-18(22)21(19(23)27-15)13-7-5-4-6-12(13)20/h4-10H,1-3H3/b15-10-. The summed E-state index contributed by atoms with van der Waals surface area (Å²) < 4.78 is 29.9. The average Bonchev–Trinajstić information content (AvgIpc) is 2.95. The maximum absolute atomic E-state index is 14.0. The molecule has 6 nitrogen and oxygen atoms in total. The second kappa shape index (κ2) is 7.71. The number of benzene rings is 2. The predicted molar refractivity (Wildman–Crippen MR) is 101 cm³/mol. The molecule has 2 aromatic carbocycles. The van der Waals surface area contributed by atoms with Crippen molar-refractivity contribution in [2.75, 3.05) is 26.2 Å². The molecule has 27 heavy (non-hydrogen) atoms. The van der Waals surface area contributed by atoms with Gasteiger partial charge in [-0.3, -0.25) is 9.59 Å². The molecule has 2 amide bonds. The van der Waals surface area contributed by atoms with Gasteiger partial charge in [-0.1, -0.05) is 12.1 Å². The molecule has 2 aromatic rings. The first kappa shape index (κ1) is 18.8. The van der Waals surface area contributed by atoms with Crippen LogP contribution in [-0.2, 0) is 4.79 Å². The zero-order valence-corrected chi connectivity index (χ0v) is 15.6. The van der Waals surface area contributed by atoms with Crippen molar-refractivity contribution in [3.8, 4) is 17.2 Å². The van der Waals surface area contributed by atoms with Gasteiger partial charge < -0.3 is 14.2 Å². The molecule has 1 fully saturated rings. The van der Waals surface area contributed by atoms with Gasteiger partial charge in [-0.15, -0.1) is 0 Å². The number of para-hydroxylation sites is 1. The van der Waals surface area contributed by atoms with Gasteiger partial charge in [-0.2, -0.15) is 0 Å². The number of rotatable bonds is 5. The summed E-state index contributed by atoms with van der Waals surface area (Å²) in [7, 11) is 4.42. The molecule has 0 N–H and O–H groups in total. The molecule has 0 spiro atoms. The minimum Gasteiger partial charge on any atom is -0.493 e. The minimum absolute atomic E-state index is 0.0809. The van der Waals surface area contributed by atoms with E-state index in [9.17, 15) is 14.0 Å². The first-order chi connectivity index (χ1) is 13.0. The Morgan fingerprint density at radius 3 is 2.30 bits per heavy atom. The van der Waals surface area contributed by atoms with Gasteiger partial charge in [0.1, 0.15) is 5.82 Å². The predicted octanol–water partition coefficient (Wildman–Crippen LogP) is 4.09. The van der Waals surface area contributed by atoms with E-state index in [1.54, 1.807) is 18.2 Å². The second-order valence-electron chi connectivity index (χ2n) is 5.39. The molecule has 140 valence electrons. The number of hydrogen-bond donors (Lipinski definition) is 0. The topological polar surface area (TPSA) is 65.1 Å². The largest absolute Gasteiger partial charge is 0.493 e. The number of nitrogens with zero attached hydrogens (tertiary/aromatic N) is 1. The molecular weight excluding hydrogens is 373 g/mol. The normalized spacial score (nSPS) is 15.4. The molecule has 1 heterocycles. The summed E-state index contributed by atoms with van der Waals surface area (Å²) in [5.41, 5.74) is 0.442. The molecule has 0 bridgehead atoms.